The first kappa shape index (κ1) is 30.8. The van der Waals surface area contributed by atoms with Crippen molar-refractivity contribution >= 4 is 35.5 Å². The fourth-order valence-electron chi connectivity index (χ4n) is 4.73. The van der Waals surface area contributed by atoms with Crippen molar-refractivity contribution in [3.05, 3.63) is 68.9 Å². The highest BCUT2D eigenvalue weighted by Gasteiger charge is 2.32. The van der Waals surface area contributed by atoms with Crippen LogP contribution < -0.4 is 30.4 Å². The van der Waals surface area contributed by atoms with E-state index in [4.69, 9.17) is 14.2 Å². The van der Waals surface area contributed by atoms with Crippen molar-refractivity contribution in [1.82, 2.24) is 21.0 Å². The zero-order valence-corrected chi connectivity index (χ0v) is 24.2. The van der Waals surface area contributed by atoms with Gasteiger partial charge < -0.3 is 34.6 Å². The number of nitro benzene ring substituents is 1. The maximum Gasteiger partial charge on any atom is 0.337 e. The van der Waals surface area contributed by atoms with E-state index >= 15 is 0 Å². The van der Waals surface area contributed by atoms with Gasteiger partial charge in [-0.25, -0.2) is 15.0 Å². The van der Waals surface area contributed by atoms with Gasteiger partial charge in [-0.1, -0.05) is 6.07 Å². The highest BCUT2D eigenvalue weighted by molar-refractivity contribution is 5.95. The molecule has 2 aromatic carbocycles. The Morgan fingerprint density at radius 2 is 1.88 bits per heavy atom. The molecule has 1 atom stereocenters. The van der Waals surface area contributed by atoms with Gasteiger partial charge in [-0.2, -0.15) is 5.10 Å². The maximum absolute atomic E-state index is 12.5. The van der Waals surface area contributed by atoms with E-state index in [1.165, 1.54) is 32.6 Å². The Morgan fingerprint density at radius 3 is 2.56 bits per heavy atom. The van der Waals surface area contributed by atoms with E-state index in [9.17, 15) is 24.5 Å². The molecule has 15 nitrogen and oxygen atoms in total. The smallest absolute Gasteiger partial charge is 0.337 e. The van der Waals surface area contributed by atoms with Crippen LogP contribution in [-0.2, 0) is 14.3 Å². The molecule has 2 heterocycles. The number of nitrogens with zero attached hydrogens (tertiary/aromatic N) is 4. The molecule has 15 heteroatoms. The van der Waals surface area contributed by atoms with Crippen LogP contribution in [0.3, 0.4) is 0 Å². The number of methoxy groups -OCH3 is 2. The van der Waals surface area contributed by atoms with Gasteiger partial charge in [-0.3, -0.25) is 14.9 Å². The molecule has 228 valence electrons. The zero-order valence-electron chi connectivity index (χ0n) is 24.2. The topological polar surface area (TPSA) is 177 Å². The SMILES string of the molecule is COC(=O)C1=C(C)NC(=O)N[C@H]1c1ccc(OCC(=O)N/N=C\c2cc(N3CCN(C)CC3)ccc2[N+](=O)[O-])c(OC)c1. The van der Waals surface area contributed by atoms with Crippen LogP contribution in [0.15, 0.2) is 52.8 Å². The molecule has 3 N–H and O–H groups in total. The first-order valence-electron chi connectivity index (χ1n) is 13.3. The summed E-state index contributed by atoms with van der Waals surface area (Å²) in [5.41, 5.74) is 4.37. The van der Waals surface area contributed by atoms with Crippen molar-refractivity contribution in [1.29, 1.82) is 0 Å². The van der Waals surface area contributed by atoms with Crippen molar-refractivity contribution in [2.45, 2.75) is 13.0 Å². The minimum Gasteiger partial charge on any atom is -0.493 e. The van der Waals surface area contributed by atoms with Crippen molar-refractivity contribution in [2.24, 2.45) is 5.10 Å². The second kappa shape index (κ2) is 13.7. The van der Waals surface area contributed by atoms with E-state index < -0.39 is 35.5 Å². The molecule has 2 aliphatic heterocycles. The Kier molecular flexibility index (Phi) is 9.77. The maximum atomic E-state index is 12.5. The van der Waals surface area contributed by atoms with Gasteiger partial charge in [-0.05, 0) is 43.8 Å². The van der Waals surface area contributed by atoms with E-state index in [0.29, 0.717) is 11.3 Å². The molecule has 3 amide bonds. The average Bonchev–Trinajstić information content (AvgIpc) is 2.99. The number of urea groups is 1. The highest BCUT2D eigenvalue weighted by Crippen LogP contribution is 2.34. The van der Waals surface area contributed by atoms with Gasteiger partial charge in [0.1, 0.15) is 0 Å². The first-order chi connectivity index (χ1) is 20.6. The molecule has 0 aromatic heterocycles. The molecule has 0 bridgehead atoms. The standard InChI is InChI=1S/C28H33N7O8/c1-17-25(27(37)42-4)26(31-28(38)30-17)18-5-8-22(23(14-18)41-3)43-16-24(36)32-29-15-19-13-20(6-7-21(19)35(39)40)34-11-9-33(2)10-12-34/h5-8,13-15,26H,9-12,16H2,1-4H3,(H,32,36)(H2,30,31,38)/b29-15-/t26-/m0/s1. The largest absolute Gasteiger partial charge is 0.493 e. The number of likely N-dealkylation sites (N-methyl/N-ethyl adjacent to an activating group) is 1. The number of nitrogens with one attached hydrogen (secondary N) is 3. The Balaban J connectivity index is 1.42. The molecule has 0 unspecified atom stereocenters. The van der Waals surface area contributed by atoms with Crippen LogP contribution in [0.2, 0.25) is 0 Å². The molecule has 43 heavy (non-hydrogen) atoms. The van der Waals surface area contributed by atoms with E-state index in [-0.39, 0.29) is 28.3 Å². The number of esters is 1. The van der Waals surface area contributed by atoms with Crippen LogP contribution in [0.1, 0.15) is 24.1 Å². The van der Waals surface area contributed by atoms with E-state index in [1.54, 1.807) is 31.2 Å². The molecule has 2 aliphatic rings. The Bertz CT molecular complexity index is 1470. The van der Waals surface area contributed by atoms with Gasteiger partial charge in [0.05, 0.1) is 42.5 Å². The molecular formula is C28H33N7O8. The number of hydrogen-bond acceptors (Lipinski definition) is 11. The van der Waals surface area contributed by atoms with E-state index in [0.717, 1.165) is 31.9 Å². The molecule has 0 spiro atoms. The molecule has 0 radical (unpaired) electrons. The summed E-state index contributed by atoms with van der Waals surface area (Å²) in [7, 11) is 4.69. The summed E-state index contributed by atoms with van der Waals surface area (Å²) in [6, 6.07) is 8.25. The summed E-state index contributed by atoms with van der Waals surface area (Å²) >= 11 is 0. The number of carbonyl (C=O) groups excluding carboxylic acids is 3. The third kappa shape index (κ3) is 7.37. The third-order valence-corrected chi connectivity index (χ3v) is 7.02. The normalized spacial score (nSPS) is 17.3. The Morgan fingerprint density at radius 1 is 1.14 bits per heavy atom. The number of carbonyl (C=O) groups is 3. The molecule has 0 saturated carbocycles. The van der Waals surface area contributed by atoms with Gasteiger partial charge in [-0.15, -0.1) is 0 Å². The van der Waals surface area contributed by atoms with Crippen molar-refractivity contribution in [3.63, 3.8) is 0 Å². The summed E-state index contributed by atoms with van der Waals surface area (Å²) in [6.07, 6.45) is 1.23. The summed E-state index contributed by atoms with van der Waals surface area (Å²) in [5, 5.41) is 20.7. The van der Waals surface area contributed by atoms with Crippen LogP contribution in [0.5, 0.6) is 11.5 Å². The summed E-state index contributed by atoms with van der Waals surface area (Å²) in [5.74, 6) is -0.749. The second-order valence-corrected chi connectivity index (χ2v) is 9.84. The van der Waals surface area contributed by atoms with Gasteiger partial charge in [0, 0.05) is 43.6 Å². The van der Waals surface area contributed by atoms with Crippen molar-refractivity contribution in [3.8, 4) is 11.5 Å². The van der Waals surface area contributed by atoms with Gasteiger partial charge in [0.25, 0.3) is 11.6 Å². The molecular weight excluding hydrogens is 562 g/mol. The fourth-order valence-corrected chi connectivity index (χ4v) is 4.73. The number of benzene rings is 2. The lowest BCUT2D eigenvalue weighted by molar-refractivity contribution is -0.385. The lowest BCUT2D eigenvalue weighted by atomic mass is 9.95. The number of nitro groups is 1. The number of hydrogen-bond donors (Lipinski definition) is 3. The lowest BCUT2D eigenvalue weighted by Crippen LogP contribution is -2.45. The van der Waals surface area contributed by atoms with Gasteiger partial charge in [0.2, 0.25) is 0 Å². The number of hydrazone groups is 1. The number of ether oxygens (including phenoxy) is 3. The Labute approximate surface area is 247 Å². The Hall–Kier alpha value is -5.18. The first-order valence-corrected chi connectivity index (χ1v) is 13.3. The van der Waals surface area contributed by atoms with Crippen molar-refractivity contribution in [2.75, 3.05) is 59.0 Å². The van der Waals surface area contributed by atoms with Gasteiger partial charge >= 0.3 is 12.0 Å². The number of allylic oxidation sites excluding steroid dienone is 1. The van der Waals surface area contributed by atoms with Crippen LogP contribution >= 0.6 is 0 Å². The van der Waals surface area contributed by atoms with E-state index in [1.807, 2.05) is 7.05 Å². The minimum atomic E-state index is -0.805. The van der Waals surface area contributed by atoms with Crippen LogP contribution in [-0.4, -0.2) is 88.0 Å². The molecule has 0 aliphatic carbocycles. The summed E-state index contributed by atoms with van der Waals surface area (Å²) in [4.78, 5) is 52.3. The number of rotatable bonds is 10. The third-order valence-electron chi connectivity index (χ3n) is 7.02. The van der Waals surface area contributed by atoms with E-state index in [2.05, 4.69) is 31.0 Å². The second-order valence-electron chi connectivity index (χ2n) is 9.84. The minimum absolute atomic E-state index is 0.137. The lowest BCUT2D eigenvalue weighted by Gasteiger charge is -2.34. The summed E-state index contributed by atoms with van der Waals surface area (Å²) < 4.78 is 15.9. The quantitative estimate of drug-likeness (QED) is 0.159. The molecule has 2 aromatic rings. The van der Waals surface area contributed by atoms with Crippen LogP contribution in [0.4, 0.5) is 16.2 Å². The fraction of sp³-hybridized carbons (Fsp3) is 0.357. The summed E-state index contributed by atoms with van der Waals surface area (Å²) in [6.45, 7) is 4.49. The average molecular weight is 596 g/mol. The predicted octanol–water partition coefficient (Wildman–Crippen LogP) is 1.69. The van der Waals surface area contributed by atoms with Crippen LogP contribution in [0.25, 0.3) is 0 Å². The number of anilines is 1. The molecule has 4 rings (SSSR count). The monoisotopic (exact) mass is 595 g/mol. The van der Waals surface area contributed by atoms with Crippen LogP contribution in [0, 0.1) is 10.1 Å². The van der Waals surface area contributed by atoms with Crippen molar-refractivity contribution < 1.29 is 33.5 Å². The molecule has 1 fully saturated rings. The molecule has 1 saturated heterocycles. The predicted molar refractivity (Wildman–Crippen MR) is 156 cm³/mol. The van der Waals surface area contributed by atoms with Gasteiger partial charge in [0.15, 0.2) is 18.1 Å². The number of piperazine rings is 1. The zero-order chi connectivity index (χ0) is 31.1. The number of amides is 3. The highest BCUT2D eigenvalue weighted by atomic mass is 16.6.